The highest BCUT2D eigenvalue weighted by Crippen LogP contribution is 2.29. The van der Waals surface area contributed by atoms with Gasteiger partial charge in [-0.1, -0.05) is 0 Å². The van der Waals surface area contributed by atoms with E-state index in [1.807, 2.05) is 6.07 Å². The summed E-state index contributed by atoms with van der Waals surface area (Å²) >= 11 is 0. The summed E-state index contributed by atoms with van der Waals surface area (Å²) in [6, 6.07) is 4.48. The number of hydrogen-bond acceptors (Lipinski definition) is 6. The predicted molar refractivity (Wildman–Crippen MR) is 81.9 cm³/mol. The van der Waals surface area contributed by atoms with Gasteiger partial charge in [-0.3, -0.25) is 0 Å². The average Bonchev–Trinajstić information content (AvgIpc) is 2.45. The Balaban J connectivity index is 2.71. The number of halogens is 1. The molecule has 9 heteroatoms. The van der Waals surface area contributed by atoms with Gasteiger partial charge in [0.1, 0.15) is 10.7 Å². The van der Waals surface area contributed by atoms with E-state index >= 15 is 0 Å². The second-order valence-electron chi connectivity index (χ2n) is 4.88. The first-order valence-electron chi connectivity index (χ1n) is 6.55. The van der Waals surface area contributed by atoms with Crippen LogP contribution in [0.25, 0.3) is 11.1 Å². The van der Waals surface area contributed by atoms with Crippen LogP contribution in [0.3, 0.4) is 0 Å². The largest absolute Gasteiger partial charge is 0.368 e. The monoisotopic (exact) mass is 335 g/mol. The third-order valence-corrected chi connectivity index (χ3v) is 4.15. The van der Waals surface area contributed by atoms with E-state index in [0.29, 0.717) is 16.8 Å². The van der Waals surface area contributed by atoms with Gasteiger partial charge >= 0.3 is 0 Å². The molecule has 2 aromatic rings. The number of nitriles is 1. The second-order valence-corrected chi connectivity index (χ2v) is 6.41. The molecule has 0 aliphatic carbocycles. The molecule has 4 N–H and O–H groups in total. The van der Waals surface area contributed by atoms with Crippen molar-refractivity contribution in [3.05, 3.63) is 35.4 Å². The van der Waals surface area contributed by atoms with Crippen molar-refractivity contribution >= 4 is 16.0 Å². The molecule has 0 aliphatic heterocycles. The molecule has 0 aliphatic rings. The number of nitrogens with two attached hydrogens (primary N) is 2. The molecule has 1 aromatic heterocycles. The fourth-order valence-electron chi connectivity index (χ4n) is 2.16. The van der Waals surface area contributed by atoms with E-state index in [9.17, 15) is 12.8 Å². The van der Waals surface area contributed by atoms with Crippen molar-refractivity contribution in [3.8, 4) is 17.2 Å². The normalized spacial score (nSPS) is 11.2. The van der Waals surface area contributed by atoms with E-state index in [0.717, 1.165) is 6.07 Å². The van der Waals surface area contributed by atoms with Gasteiger partial charge in [0.15, 0.2) is 0 Å². The minimum Gasteiger partial charge on any atom is -0.368 e. The summed E-state index contributed by atoms with van der Waals surface area (Å²) in [5.41, 5.74) is 6.98. The number of nitrogens with zero attached hydrogens (tertiary/aromatic N) is 3. The SMILES string of the molecule is Cc1nc(N)ncc1-c1cc(CCC#N)c(F)c(S(N)(=O)=O)c1. The van der Waals surface area contributed by atoms with Gasteiger partial charge in [0, 0.05) is 18.2 Å². The van der Waals surface area contributed by atoms with Crippen molar-refractivity contribution in [1.29, 1.82) is 5.26 Å². The van der Waals surface area contributed by atoms with Crippen molar-refractivity contribution < 1.29 is 12.8 Å². The summed E-state index contributed by atoms with van der Waals surface area (Å²) in [6.45, 7) is 1.67. The van der Waals surface area contributed by atoms with Crippen LogP contribution in [-0.2, 0) is 16.4 Å². The maximum atomic E-state index is 14.3. The number of sulfonamides is 1. The van der Waals surface area contributed by atoms with Crippen LogP contribution in [0.15, 0.2) is 23.2 Å². The summed E-state index contributed by atoms with van der Waals surface area (Å²) in [6.07, 6.45) is 1.53. The van der Waals surface area contributed by atoms with Gasteiger partial charge < -0.3 is 5.73 Å². The maximum absolute atomic E-state index is 14.3. The predicted octanol–water partition coefficient (Wildman–Crippen LogP) is 1.28. The summed E-state index contributed by atoms with van der Waals surface area (Å²) in [7, 11) is -4.26. The molecule has 0 radical (unpaired) electrons. The first kappa shape index (κ1) is 16.8. The van der Waals surface area contributed by atoms with Crippen molar-refractivity contribution in [3.63, 3.8) is 0 Å². The molecule has 120 valence electrons. The molecule has 7 nitrogen and oxygen atoms in total. The molecule has 0 fully saturated rings. The molecule has 0 bridgehead atoms. The van der Waals surface area contributed by atoms with Crippen LogP contribution in [-0.4, -0.2) is 18.4 Å². The zero-order valence-electron chi connectivity index (χ0n) is 12.2. The van der Waals surface area contributed by atoms with Crippen LogP contribution in [0.4, 0.5) is 10.3 Å². The highest BCUT2D eigenvalue weighted by atomic mass is 32.2. The van der Waals surface area contributed by atoms with Gasteiger partial charge in [0.05, 0.1) is 11.8 Å². The van der Waals surface area contributed by atoms with Gasteiger partial charge in [-0.05, 0) is 36.6 Å². The van der Waals surface area contributed by atoms with Crippen LogP contribution in [0.1, 0.15) is 17.7 Å². The topological polar surface area (TPSA) is 136 Å². The molecule has 0 spiro atoms. The van der Waals surface area contributed by atoms with E-state index in [1.165, 1.54) is 12.3 Å². The van der Waals surface area contributed by atoms with Crippen LogP contribution in [0.5, 0.6) is 0 Å². The number of aromatic nitrogens is 2. The fourth-order valence-corrected chi connectivity index (χ4v) is 2.83. The fraction of sp³-hybridized carbons (Fsp3) is 0.214. The van der Waals surface area contributed by atoms with Crippen LogP contribution >= 0.6 is 0 Å². The summed E-state index contributed by atoms with van der Waals surface area (Å²) < 4.78 is 37.6. The van der Waals surface area contributed by atoms with E-state index in [-0.39, 0.29) is 24.4 Å². The standard InChI is InChI=1S/C14H14FN5O2S/c1-8-11(7-19-14(17)20-8)10-5-9(3-2-4-16)13(15)12(6-10)23(18,21)22/h5-7H,2-3H2,1H3,(H2,17,19,20)(H2,18,21,22). The van der Waals surface area contributed by atoms with E-state index in [4.69, 9.17) is 16.1 Å². The molecule has 0 amide bonds. The molecule has 23 heavy (non-hydrogen) atoms. The Labute approximate surface area is 132 Å². The lowest BCUT2D eigenvalue weighted by Crippen LogP contribution is -2.15. The average molecular weight is 335 g/mol. The number of aryl methyl sites for hydroxylation is 2. The molecular weight excluding hydrogens is 321 g/mol. The first-order chi connectivity index (χ1) is 10.7. The van der Waals surface area contributed by atoms with Gasteiger partial charge in [0.2, 0.25) is 16.0 Å². The Hall–Kier alpha value is -2.57. The zero-order valence-corrected chi connectivity index (χ0v) is 13.1. The molecular formula is C14H14FN5O2S. The van der Waals surface area contributed by atoms with Crippen molar-refractivity contribution in [2.45, 2.75) is 24.7 Å². The zero-order chi connectivity index (χ0) is 17.2. The number of anilines is 1. The number of rotatable bonds is 4. The van der Waals surface area contributed by atoms with Crippen molar-refractivity contribution in [1.82, 2.24) is 9.97 Å². The summed E-state index contributed by atoms with van der Waals surface area (Å²) in [5.74, 6) is -0.870. The first-order valence-corrected chi connectivity index (χ1v) is 8.10. The number of benzene rings is 1. The number of nitrogen functional groups attached to an aromatic ring is 1. The Bertz CT molecular complexity index is 906. The smallest absolute Gasteiger partial charge is 0.240 e. The van der Waals surface area contributed by atoms with Crippen LogP contribution < -0.4 is 10.9 Å². The Kier molecular flexibility index (Phi) is 4.58. The second kappa shape index (κ2) is 6.28. The summed E-state index contributed by atoms with van der Waals surface area (Å²) in [4.78, 5) is 7.23. The Morgan fingerprint density at radius 2 is 2.09 bits per heavy atom. The molecule has 0 unspecified atom stereocenters. The minimum atomic E-state index is -4.26. The van der Waals surface area contributed by atoms with E-state index in [1.54, 1.807) is 6.92 Å². The van der Waals surface area contributed by atoms with Gasteiger partial charge in [-0.25, -0.2) is 27.9 Å². The summed E-state index contributed by atoms with van der Waals surface area (Å²) in [5, 5.41) is 13.7. The third-order valence-electron chi connectivity index (χ3n) is 3.24. The molecule has 2 rings (SSSR count). The quantitative estimate of drug-likeness (QED) is 0.863. The molecule has 1 aromatic carbocycles. The molecule has 0 atom stereocenters. The Morgan fingerprint density at radius 1 is 1.39 bits per heavy atom. The lowest BCUT2D eigenvalue weighted by molar-refractivity contribution is 0.559. The van der Waals surface area contributed by atoms with Gasteiger partial charge in [0.25, 0.3) is 0 Å². The highest BCUT2D eigenvalue weighted by molar-refractivity contribution is 7.89. The van der Waals surface area contributed by atoms with Crippen LogP contribution in [0.2, 0.25) is 0 Å². The van der Waals surface area contributed by atoms with Crippen molar-refractivity contribution in [2.75, 3.05) is 5.73 Å². The molecule has 0 saturated heterocycles. The highest BCUT2D eigenvalue weighted by Gasteiger charge is 2.20. The number of primary sulfonamides is 1. The lowest BCUT2D eigenvalue weighted by Gasteiger charge is -2.11. The molecule has 0 saturated carbocycles. The van der Waals surface area contributed by atoms with E-state index < -0.39 is 20.7 Å². The van der Waals surface area contributed by atoms with Gasteiger partial charge in [-0.2, -0.15) is 5.26 Å². The minimum absolute atomic E-state index is 0.0433. The van der Waals surface area contributed by atoms with Crippen LogP contribution in [0, 0.1) is 24.1 Å². The Morgan fingerprint density at radius 3 is 2.65 bits per heavy atom. The third kappa shape index (κ3) is 3.61. The van der Waals surface area contributed by atoms with E-state index in [2.05, 4.69) is 9.97 Å². The van der Waals surface area contributed by atoms with Gasteiger partial charge in [-0.15, -0.1) is 0 Å². The van der Waals surface area contributed by atoms with Crippen molar-refractivity contribution in [2.24, 2.45) is 5.14 Å². The number of hydrogen-bond donors (Lipinski definition) is 2. The maximum Gasteiger partial charge on any atom is 0.240 e. The molecule has 1 heterocycles. The lowest BCUT2D eigenvalue weighted by atomic mass is 10.0.